The van der Waals surface area contributed by atoms with E-state index in [-0.39, 0.29) is 5.78 Å². The molecule has 0 aromatic carbocycles. The van der Waals surface area contributed by atoms with Gasteiger partial charge in [0.15, 0.2) is 5.78 Å². The molecule has 2 rings (SSSR count). The molecular weight excluding hydrogens is 126 g/mol. The summed E-state index contributed by atoms with van der Waals surface area (Å²) in [6.45, 7) is 2.15. The standard InChI is InChI=1S/C8H11NO/c1-2-8-3-6(10)5-9-7(8)4-8/h5,7H,2-4H2,1H3. The molecule has 1 saturated carbocycles. The minimum atomic E-state index is 0.218. The molecule has 54 valence electrons. The van der Waals surface area contributed by atoms with Crippen LogP contribution in [0.5, 0.6) is 0 Å². The Morgan fingerprint density at radius 1 is 1.90 bits per heavy atom. The van der Waals surface area contributed by atoms with E-state index in [2.05, 4.69) is 11.9 Å². The van der Waals surface area contributed by atoms with Crippen molar-refractivity contribution in [2.75, 3.05) is 0 Å². The van der Waals surface area contributed by atoms with Gasteiger partial charge in [0.25, 0.3) is 0 Å². The van der Waals surface area contributed by atoms with Crippen LogP contribution in [0.1, 0.15) is 26.2 Å². The average Bonchev–Trinajstić information content (AvgIpc) is 2.62. The van der Waals surface area contributed by atoms with Crippen LogP contribution in [-0.4, -0.2) is 18.0 Å². The van der Waals surface area contributed by atoms with Gasteiger partial charge in [-0.1, -0.05) is 6.92 Å². The van der Waals surface area contributed by atoms with E-state index in [1.165, 1.54) is 6.21 Å². The smallest absolute Gasteiger partial charge is 0.174 e. The molecule has 0 aromatic heterocycles. The van der Waals surface area contributed by atoms with Gasteiger partial charge in [-0.2, -0.15) is 0 Å². The molecule has 0 amide bonds. The van der Waals surface area contributed by atoms with E-state index >= 15 is 0 Å². The molecule has 1 aliphatic heterocycles. The number of ketones is 1. The lowest BCUT2D eigenvalue weighted by Gasteiger charge is -2.13. The van der Waals surface area contributed by atoms with Gasteiger partial charge < -0.3 is 0 Å². The van der Waals surface area contributed by atoms with E-state index in [1.54, 1.807) is 0 Å². The topological polar surface area (TPSA) is 29.4 Å². The zero-order chi connectivity index (χ0) is 7.19. The zero-order valence-electron chi connectivity index (χ0n) is 6.13. The molecule has 2 aliphatic rings. The molecule has 0 N–H and O–H groups in total. The Morgan fingerprint density at radius 3 is 3.30 bits per heavy atom. The van der Waals surface area contributed by atoms with E-state index < -0.39 is 0 Å². The SMILES string of the molecule is CCC12CC(=O)C=NC1C2. The molecule has 0 saturated heterocycles. The second-order valence-electron chi connectivity index (χ2n) is 3.36. The van der Waals surface area contributed by atoms with Gasteiger partial charge in [-0.05, 0) is 12.8 Å². The Kier molecular flexibility index (Phi) is 1.02. The molecule has 1 heterocycles. The van der Waals surface area contributed by atoms with Gasteiger partial charge >= 0.3 is 0 Å². The van der Waals surface area contributed by atoms with E-state index in [4.69, 9.17) is 0 Å². The average molecular weight is 137 g/mol. The van der Waals surface area contributed by atoms with Crippen molar-refractivity contribution in [3.8, 4) is 0 Å². The summed E-state index contributed by atoms with van der Waals surface area (Å²) in [6.07, 6.45) is 4.51. The van der Waals surface area contributed by atoms with Crippen molar-refractivity contribution in [3.05, 3.63) is 0 Å². The minimum Gasteiger partial charge on any atom is -0.293 e. The summed E-state index contributed by atoms with van der Waals surface area (Å²) in [4.78, 5) is 15.1. The third-order valence-electron chi connectivity index (χ3n) is 2.78. The highest BCUT2D eigenvalue weighted by Gasteiger charge is 2.55. The Morgan fingerprint density at radius 2 is 2.70 bits per heavy atom. The number of hydrogen-bond acceptors (Lipinski definition) is 2. The summed E-state index contributed by atoms with van der Waals surface area (Å²) in [7, 11) is 0. The highest BCUT2D eigenvalue weighted by Crippen LogP contribution is 2.55. The molecular formula is C8H11NO. The molecule has 0 radical (unpaired) electrons. The van der Waals surface area contributed by atoms with E-state index in [9.17, 15) is 4.79 Å². The van der Waals surface area contributed by atoms with Crippen LogP contribution in [0, 0.1) is 5.41 Å². The van der Waals surface area contributed by atoms with Crippen LogP contribution >= 0.6 is 0 Å². The molecule has 2 nitrogen and oxygen atoms in total. The molecule has 10 heavy (non-hydrogen) atoms. The van der Waals surface area contributed by atoms with E-state index in [1.807, 2.05) is 0 Å². The van der Waals surface area contributed by atoms with Crippen molar-refractivity contribution in [2.24, 2.45) is 10.4 Å². The molecule has 0 bridgehead atoms. The second-order valence-corrected chi connectivity index (χ2v) is 3.36. The van der Waals surface area contributed by atoms with Crippen molar-refractivity contribution >= 4 is 12.0 Å². The van der Waals surface area contributed by atoms with Crippen LogP contribution < -0.4 is 0 Å². The molecule has 1 fully saturated rings. The van der Waals surface area contributed by atoms with Crippen LogP contribution in [-0.2, 0) is 4.79 Å². The number of aliphatic imine (C=N–C) groups is 1. The molecule has 2 heteroatoms. The number of Topliss-reactive ketones (excluding diaryl/α,β-unsaturated/α-hetero) is 1. The normalized spacial score (nSPS) is 43.3. The molecule has 2 unspecified atom stereocenters. The first kappa shape index (κ1) is 6.08. The fourth-order valence-corrected chi connectivity index (χ4v) is 1.80. The highest BCUT2D eigenvalue weighted by atomic mass is 16.1. The van der Waals surface area contributed by atoms with Gasteiger partial charge in [-0.25, -0.2) is 0 Å². The highest BCUT2D eigenvalue weighted by molar-refractivity contribution is 6.28. The largest absolute Gasteiger partial charge is 0.293 e. The zero-order valence-corrected chi connectivity index (χ0v) is 6.13. The van der Waals surface area contributed by atoms with E-state index in [0.29, 0.717) is 11.5 Å². The third-order valence-corrected chi connectivity index (χ3v) is 2.78. The van der Waals surface area contributed by atoms with Crippen LogP contribution in [0.15, 0.2) is 4.99 Å². The van der Waals surface area contributed by atoms with Crippen LogP contribution in [0.4, 0.5) is 0 Å². The van der Waals surface area contributed by atoms with Gasteiger partial charge in [0.1, 0.15) is 0 Å². The molecule has 0 spiro atoms. The molecule has 1 aliphatic carbocycles. The Labute approximate surface area is 60.3 Å². The van der Waals surface area contributed by atoms with Crippen molar-refractivity contribution in [3.63, 3.8) is 0 Å². The summed E-state index contributed by atoms with van der Waals surface area (Å²) in [6, 6.07) is 0.496. The van der Waals surface area contributed by atoms with Crippen LogP contribution in [0.3, 0.4) is 0 Å². The lowest BCUT2D eigenvalue weighted by Crippen LogP contribution is -2.17. The first-order valence-corrected chi connectivity index (χ1v) is 3.83. The number of carbonyl (C=O) groups is 1. The van der Waals surface area contributed by atoms with Gasteiger partial charge in [-0.3, -0.25) is 9.79 Å². The maximum atomic E-state index is 10.9. The minimum absolute atomic E-state index is 0.218. The Bertz CT molecular complexity index is 209. The number of carbonyl (C=O) groups excluding carboxylic acids is 1. The number of fused-ring (bicyclic) bond motifs is 1. The third kappa shape index (κ3) is 0.648. The number of hydrogen-bond donors (Lipinski definition) is 0. The summed E-state index contributed by atoms with van der Waals surface area (Å²) >= 11 is 0. The Balaban J connectivity index is 2.20. The first-order chi connectivity index (χ1) is 4.77. The van der Waals surface area contributed by atoms with Gasteiger partial charge in [0, 0.05) is 11.8 Å². The predicted molar refractivity (Wildman–Crippen MR) is 39.2 cm³/mol. The van der Waals surface area contributed by atoms with Gasteiger partial charge in [0.05, 0.1) is 12.3 Å². The fourth-order valence-electron chi connectivity index (χ4n) is 1.80. The summed E-state index contributed by atoms with van der Waals surface area (Å²) < 4.78 is 0. The summed E-state index contributed by atoms with van der Waals surface area (Å²) in [5.74, 6) is 0.218. The summed E-state index contributed by atoms with van der Waals surface area (Å²) in [5.41, 5.74) is 0.311. The summed E-state index contributed by atoms with van der Waals surface area (Å²) in [5, 5.41) is 0. The monoisotopic (exact) mass is 137 g/mol. The lowest BCUT2D eigenvalue weighted by molar-refractivity contribution is -0.114. The predicted octanol–water partition coefficient (Wildman–Crippen LogP) is 1.20. The van der Waals surface area contributed by atoms with E-state index in [0.717, 1.165) is 19.3 Å². The van der Waals surface area contributed by atoms with Crippen LogP contribution in [0.2, 0.25) is 0 Å². The van der Waals surface area contributed by atoms with Crippen LogP contribution in [0.25, 0.3) is 0 Å². The number of nitrogens with zero attached hydrogens (tertiary/aromatic N) is 1. The fraction of sp³-hybridized carbons (Fsp3) is 0.750. The van der Waals surface area contributed by atoms with Crippen molar-refractivity contribution < 1.29 is 4.79 Å². The van der Waals surface area contributed by atoms with Crippen molar-refractivity contribution in [1.82, 2.24) is 0 Å². The quantitative estimate of drug-likeness (QED) is 0.534. The Hall–Kier alpha value is -0.660. The van der Waals surface area contributed by atoms with Crippen molar-refractivity contribution in [1.29, 1.82) is 0 Å². The lowest BCUT2D eigenvalue weighted by atomic mass is 9.94. The van der Waals surface area contributed by atoms with Crippen molar-refractivity contribution in [2.45, 2.75) is 32.2 Å². The maximum absolute atomic E-state index is 10.9. The first-order valence-electron chi connectivity index (χ1n) is 3.83. The molecule has 2 atom stereocenters. The molecule has 0 aromatic rings. The maximum Gasteiger partial charge on any atom is 0.174 e. The second kappa shape index (κ2) is 1.68. The van der Waals surface area contributed by atoms with Gasteiger partial charge in [0.2, 0.25) is 0 Å². The van der Waals surface area contributed by atoms with Gasteiger partial charge in [-0.15, -0.1) is 0 Å². The number of rotatable bonds is 1.